The second-order valence-electron chi connectivity index (χ2n) is 7.08. The van der Waals surface area contributed by atoms with Crippen LogP contribution < -0.4 is 10.1 Å². The summed E-state index contributed by atoms with van der Waals surface area (Å²) in [5.41, 5.74) is 3.90. The Labute approximate surface area is 180 Å². The molecule has 156 valence electrons. The van der Waals surface area contributed by atoms with Gasteiger partial charge in [-0.2, -0.15) is 5.10 Å². The zero-order valence-corrected chi connectivity index (χ0v) is 17.1. The molecular formula is C25H22FN3O2. The van der Waals surface area contributed by atoms with E-state index in [0.29, 0.717) is 12.3 Å². The molecule has 0 atom stereocenters. The monoisotopic (exact) mass is 415 g/mol. The molecule has 6 heteroatoms. The Bertz CT molecular complexity index is 1170. The Morgan fingerprint density at radius 3 is 2.45 bits per heavy atom. The van der Waals surface area contributed by atoms with Crippen LogP contribution >= 0.6 is 0 Å². The molecule has 31 heavy (non-hydrogen) atoms. The summed E-state index contributed by atoms with van der Waals surface area (Å²) < 4.78 is 20.7. The van der Waals surface area contributed by atoms with Gasteiger partial charge in [0.2, 0.25) is 0 Å². The van der Waals surface area contributed by atoms with Crippen molar-refractivity contribution >= 4 is 5.91 Å². The number of methoxy groups -OCH3 is 1. The van der Waals surface area contributed by atoms with Crippen LogP contribution in [0.4, 0.5) is 4.39 Å². The van der Waals surface area contributed by atoms with Gasteiger partial charge in [-0.1, -0.05) is 60.7 Å². The number of carbonyl (C=O) groups excluding carboxylic acids is 1. The quantitative estimate of drug-likeness (QED) is 0.477. The molecule has 0 aliphatic rings. The van der Waals surface area contributed by atoms with Crippen molar-refractivity contribution in [3.8, 4) is 17.0 Å². The van der Waals surface area contributed by atoms with Crippen molar-refractivity contribution in [1.82, 2.24) is 15.1 Å². The fourth-order valence-electron chi connectivity index (χ4n) is 3.41. The van der Waals surface area contributed by atoms with Crippen LogP contribution in [0.25, 0.3) is 11.3 Å². The van der Waals surface area contributed by atoms with E-state index in [0.717, 1.165) is 22.4 Å². The Morgan fingerprint density at radius 2 is 1.74 bits per heavy atom. The van der Waals surface area contributed by atoms with Gasteiger partial charge in [0.1, 0.15) is 11.6 Å². The second-order valence-corrected chi connectivity index (χ2v) is 7.08. The van der Waals surface area contributed by atoms with Crippen molar-refractivity contribution in [2.45, 2.75) is 13.1 Å². The molecule has 4 rings (SSSR count). The predicted molar refractivity (Wildman–Crippen MR) is 117 cm³/mol. The minimum Gasteiger partial charge on any atom is -0.496 e. The van der Waals surface area contributed by atoms with Gasteiger partial charge in [0, 0.05) is 23.9 Å². The van der Waals surface area contributed by atoms with Crippen LogP contribution in [0.2, 0.25) is 0 Å². The first-order valence-corrected chi connectivity index (χ1v) is 9.91. The third-order valence-corrected chi connectivity index (χ3v) is 4.92. The fraction of sp³-hybridized carbons (Fsp3) is 0.120. The highest BCUT2D eigenvalue weighted by Crippen LogP contribution is 2.23. The van der Waals surface area contributed by atoms with E-state index in [2.05, 4.69) is 5.32 Å². The van der Waals surface area contributed by atoms with Crippen molar-refractivity contribution in [2.24, 2.45) is 0 Å². The maximum absolute atomic E-state index is 13.7. The Kier molecular flexibility index (Phi) is 6.08. The van der Waals surface area contributed by atoms with Gasteiger partial charge in [-0.25, -0.2) is 4.39 Å². The van der Waals surface area contributed by atoms with E-state index in [1.807, 2.05) is 71.5 Å². The lowest BCUT2D eigenvalue weighted by molar-refractivity contribution is 0.0947. The number of halogens is 1. The Balaban J connectivity index is 1.59. The minimum absolute atomic E-state index is 0.153. The topological polar surface area (TPSA) is 56.1 Å². The first-order valence-electron chi connectivity index (χ1n) is 9.91. The van der Waals surface area contributed by atoms with E-state index in [1.54, 1.807) is 0 Å². The molecule has 0 aliphatic carbocycles. The van der Waals surface area contributed by atoms with Crippen LogP contribution in [0.1, 0.15) is 21.5 Å². The van der Waals surface area contributed by atoms with Gasteiger partial charge in [0.05, 0.1) is 24.9 Å². The van der Waals surface area contributed by atoms with Crippen LogP contribution in [0.5, 0.6) is 5.75 Å². The number of rotatable bonds is 7. The molecule has 0 bridgehead atoms. The van der Waals surface area contributed by atoms with E-state index in [-0.39, 0.29) is 12.1 Å². The first kappa shape index (κ1) is 20.3. The molecule has 0 aliphatic heterocycles. The molecule has 0 saturated carbocycles. The highest BCUT2D eigenvalue weighted by molar-refractivity contribution is 5.97. The van der Waals surface area contributed by atoms with Crippen molar-refractivity contribution in [3.05, 3.63) is 108 Å². The zero-order chi connectivity index (χ0) is 21.6. The van der Waals surface area contributed by atoms with Crippen LogP contribution in [-0.4, -0.2) is 22.8 Å². The average molecular weight is 415 g/mol. The molecule has 1 amide bonds. The van der Waals surface area contributed by atoms with Crippen molar-refractivity contribution in [3.63, 3.8) is 0 Å². The maximum Gasteiger partial charge on any atom is 0.255 e. The fourth-order valence-corrected chi connectivity index (χ4v) is 3.41. The van der Waals surface area contributed by atoms with Crippen molar-refractivity contribution in [1.29, 1.82) is 0 Å². The lowest BCUT2D eigenvalue weighted by atomic mass is 10.1. The first-order chi connectivity index (χ1) is 15.1. The average Bonchev–Trinajstić information content (AvgIpc) is 3.21. The molecule has 5 nitrogen and oxygen atoms in total. The van der Waals surface area contributed by atoms with Gasteiger partial charge in [-0.3, -0.25) is 9.48 Å². The largest absolute Gasteiger partial charge is 0.496 e. The molecule has 3 aromatic carbocycles. The zero-order valence-electron chi connectivity index (χ0n) is 17.1. The van der Waals surface area contributed by atoms with Gasteiger partial charge in [-0.05, 0) is 23.8 Å². The SMILES string of the molecule is COc1ccc(F)cc1C(=O)NCc1cn(Cc2ccccc2)nc1-c1ccccc1. The smallest absolute Gasteiger partial charge is 0.255 e. The van der Waals surface area contributed by atoms with Gasteiger partial charge in [-0.15, -0.1) is 0 Å². The highest BCUT2D eigenvalue weighted by atomic mass is 19.1. The van der Waals surface area contributed by atoms with Crippen molar-refractivity contribution in [2.75, 3.05) is 7.11 Å². The lowest BCUT2D eigenvalue weighted by Crippen LogP contribution is -2.23. The van der Waals surface area contributed by atoms with Crippen LogP contribution in [0, 0.1) is 5.82 Å². The molecule has 4 aromatic rings. The molecule has 0 saturated heterocycles. The number of benzene rings is 3. The van der Waals surface area contributed by atoms with E-state index in [4.69, 9.17) is 9.84 Å². The van der Waals surface area contributed by atoms with Crippen LogP contribution in [-0.2, 0) is 13.1 Å². The van der Waals surface area contributed by atoms with Gasteiger partial charge in [0.15, 0.2) is 0 Å². The number of nitrogens with one attached hydrogen (secondary N) is 1. The Morgan fingerprint density at radius 1 is 1.03 bits per heavy atom. The molecule has 0 spiro atoms. The predicted octanol–water partition coefficient (Wildman–Crippen LogP) is 4.68. The minimum atomic E-state index is -0.494. The van der Waals surface area contributed by atoms with Crippen LogP contribution in [0.3, 0.4) is 0 Å². The van der Waals surface area contributed by atoms with Crippen molar-refractivity contribution < 1.29 is 13.9 Å². The van der Waals surface area contributed by atoms with Gasteiger partial charge < -0.3 is 10.1 Å². The summed E-state index contributed by atoms with van der Waals surface area (Å²) in [6, 6.07) is 23.7. The van der Waals surface area contributed by atoms with Crippen LogP contribution in [0.15, 0.2) is 85.1 Å². The molecular weight excluding hydrogens is 393 g/mol. The summed E-state index contributed by atoms with van der Waals surface area (Å²) >= 11 is 0. The number of amides is 1. The number of carbonyl (C=O) groups is 1. The summed E-state index contributed by atoms with van der Waals surface area (Å²) in [5, 5.41) is 7.62. The number of aromatic nitrogens is 2. The Hall–Kier alpha value is -3.93. The molecule has 0 radical (unpaired) electrons. The van der Waals surface area contributed by atoms with E-state index >= 15 is 0 Å². The lowest BCUT2D eigenvalue weighted by Gasteiger charge is -2.09. The number of hydrogen-bond acceptors (Lipinski definition) is 3. The van der Waals surface area contributed by atoms with E-state index < -0.39 is 11.7 Å². The highest BCUT2D eigenvalue weighted by Gasteiger charge is 2.16. The summed E-state index contributed by atoms with van der Waals surface area (Å²) in [6.07, 6.45) is 1.93. The van der Waals surface area contributed by atoms with E-state index in [1.165, 1.54) is 25.3 Å². The number of hydrogen-bond donors (Lipinski definition) is 1. The standard InChI is InChI=1S/C25H22FN3O2/c1-31-23-13-12-21(26)14-22(23)25(30)27-15-20-17-29(16-18-8-4-2-5-9-18)28-24(20)19-10-6-3-7-11-19/h2-14,17H,15-16H2,1H3,(H,27,30). The summed E-state index contributed by atoms with van der Waals surface area (Å²) in [5.74, 6) is -0.584. The van der Waals surface area contributed by atoms with Gasteiger partial charge in [0.25, 0.3) is 5.91 Å². The third kappa shape index (κ3) is 4.80. The molecule has 1 N–H and O–H groups in total. The molecule has 0 fully saturated rings. The molecule has 1 heterocycles. The summed E-state index contributed by atoms with van der Waals surface area (Å²) in [4.78, 5) is 12.7. The molecule has 1 aromatic heterocycles. The normalized spacial score (nSPS) is 10.6. The molecule has 0 unspecified atom stereocenters. The summed E-state index contributed by atoms with van der Waals surface area (Å²) in [6.45, 7) is 0.865. The maximum atomic E-state index is 13.7. The van der Waals surface area contributed by atoms with E-state index in [9.17, 15) is 9.18 Å². The third-order valence-electron chi connectivity index (χ3n) is 4.92. The number of nitrogens with zero attached hydrogens (tertiary/aromatic N) is 2. The van der Waals surface area contributed by atoms with Gasteiger partial charge >= 0.3 is 0 Å². The second kappa shape index (κ2) is 9.26. The number of ether oxygens (including phenoxy) is 1. The summed E-state index contributed by atoms with van der Waals surface area (Å²) in [7, 11) is 1.45.